The molecular weight excluding hydrogens is 290 g/mol. The predicted octanol–water partition coefficient (Wildman–Crippen LogP) is 2.85. The van der Waals surface area contributed by atoms with E-state index in [2.05, 4.69) is 11.4 Å². The lowest BCUT2D eigenvalue weighted by Gasteiger charge is -2.26. The van der Waals surface area contributed by atoms with Gasteiger partial charge in [-0.25, -0.2) is 0 Å². The molecular formula is C19H21NO3. The summed E-state index contributed by atoms with van der Waals surface area (Å²) >= 11 is 0. The Labute approximate surface area is 136 Å². The molecule has 120 valence electrons. The molecule has 0 spiro atoms. The van der Waals surface area contributed by atoms with Crippen molar-refractivity contribution in [2.75, 3.05) is 20.8 Å². The second kappa shape index (κ2) is 6.73. The summed E-state index contributed by atoms with van der Waals surface area (Å²) in [6.07, 6.45) is 1.77. The van der Waals surface area contributed by atoms with E-state index in [0.29, 0.717) is 12.5 Å². The van der Waals surface area contributed by atoms with Gasteiger partial charge < -0.3 is 14.8 Å². The van der Waals surface area contributed by atoms with E-state index in [1.807, 2.05) is 36.4 Å². The van der Waals surface area contributed by atoms with E-state index in [-0.39, 0.29) is 5.91 Å². The van der Waals surface area contributed by atoms with Gasteiger partial charge in [-0.15, -0.1) is 0 Å². The first-order valence-corrected chi connectivity index (χ1v) is 7.81. The average Bonchev–Trinajstić information content (AvgIpc) is 2.61. The monoisotopic (exact) mass is 311 g/mol. The highest BCUT2D eigenvalue weighted by Crippen LogP contribution is 2.32. The maximum absolute atomic E-state index is 12.0. The SMILES string of the molecule is CNC(=O)c1ccccc1C[C@H]1COc2cc(OC)ccc2C1. The van der Waals surface area contributed by atoms with Gasteiger partial charge in [-0.2, -0.15) is 0 Å². The van der Waals surface area contributed by atoms with Crippen molar-refractivity contribution in [2.45, 2.75) is 12.8 Å². The molecule has 0 saturated heterocycles. The van der Waals surface area contributed by atoms with Crippen LogP contribution >= 0.6 is 0 Å². The molecule has 3 rings (SSSR count). The first kappa shape index (κ1) is 15.4. The van der Waals surface area contributed by atoms with E-state index in [0.717, 1.165) is 35.5 Å². The van der Waals surface area contributed by atoms with E-state index < -0.39 is 0 Å². The zero-order valence-electron chi connectivity index (χ0n) is 13.5. The first-order chi connectivity index (χ1) is 11.2. The quantitative estimate of drug-likeness (QED) is 0.944. The summed E-state index contributed by atoms with van der Waals surface area (Å²) in [4.78, 5) is 12.0. The second-order valence-corrected chi connectivity index (χ2v) is 5.80. The molecule has 2 aromatic carbocycles. The molecule has 23 heavy (non-hydrogen) atoms. The maximum Gasteiger partial charge on any atom is 0.251 e. The summed E-state index contributed by atoms with van der Waals surface area (Å²) in [5, 5.41) is 2.70. The maximum atomic E-state index is 12.0. The molecule has 0 fully saturated rings. The van der Waals surface area contributed by atoms with Crippen LogP contribution in [0.1, 0.15) is 21.5 Å². The minimum Gasteiger partial charge on any atom is -0.497 e. The molecule has 1 heterocycles. The third-order valence-electron chi connectivity index (χ3n) is 4.26. The number of amides is 1. The Morgan fingerprint density at radius 2 is 2.13 bits per heavy atom. The summed E-state index contributed by atoms with van der Waals surface area (Å²) in [6, 6.07) is 13.7. The Kier molecular flexibility index (Phi) is 4.51. The van der Waals surface area contributed by atoms with Gasteiger partial charge in [0.1, 0.15) is 11.5 Å². The molecule has 0 saturated carbocycles. The number of ether oxygens (including phenoxy) is 2. The van der Waals surface area contributed by atoms with Crippen LogP contribution in [0, 0.1) is 5.92 Å². The van der Waals surface area contributed by atoms with Gasteiger partial charge in [-0.3, -0.25) is 4.79 Å². The van der Waals surface area contributed by atoms with Crippen LogP contribution in [0.3, 0.4) is 0 Å². The predicted molar refractivity (Wildman–Crippen MR) is 89.2 cm³/mol. The van der Waals surface area contributed by atoms with Gasteiger partial charge in [0.25, 0.3) is 5.91 Å². The van der Waals surface area contributed by atoms with Gasteiger partial charge >= 0.3 is 0 Å². The molecule has 1 aliphatic heterocycles. The number of carbonyl (C=O) groups is 1. The Balaban J connectivity index is 1.76. The van der Waals surface area contributed by atoms with Crippen molar-refractivity contribution < 1.29 is 14.3 Å². The van der Waals surface area contributed by atoms with Crippen molar-refractivity contribution in [2.24, 2.45) is 5.92 Å². The summed E-state index contributed by atoms with van der Waals surface area (Å²) in [6.45, 7) is 0.655. The Morgan fingerprint density at radius 1 is 1.30 bits per heavy atom. The molecule has 1 amide bonds. The van der Waals surface area contributed by atoms with E-state index in [1.165, 1.54) is 5.56 Å². The standard InChI is InChI=1S/C19H21NO3/c1-20-19(21)17-6-4-3-5-14(17)9-13-10-15-7-8-16(22-2)11-18(15)23-12-13/h3-8,11,13H,9-10,12H2,1-2H3,(H,20,21)/t13-/m1/s1. The van der Waals surface area contributed by atoms with Gasteiger partial charge in [0.05, 0.1) is 13.7 Å². The molecule has 0 bridgehead atoms. The van der Waals surface area contributed by atoms with Crippen LogP contribution in [0.4, 0.5) is 0 Å². The minimum absolute atomic E-state index is 0.0394. The topological polar surface area (TPSA) is 47.6 Å². The fourth-order valence-electron chi connectivity index (χ4n) is 3.04. The van der Waals surface area contributed by atoms with Crippen LogP contribution in [-0.2, 0) is 12.8 Å². The molecule has 4 heteroatoms. The number of fused-ring (bicyclic) bond motifs is 1. The van der Waals surface area contributed by atoms with E-state index in [1.54, 1.807) is 14.2 Å². The number of nitrogens with one attached hydrogen (secondary N) is 1. The van der Waals surface area contributed by atoms with Crippen LogP contribution in [0.5, 0.6) is 11.5 Å². The zero-order chi connectivity index (χ0) is 16.2. The molecule has 2 aromatic rings. The van der Waals surface area contributed by atoms with Crippen molar-refractivity contribution in [1.29, 1.82) is 0 Å². The summed E-state index contributed by atoms with van der Waals surface area (Å²) in [5.74, 6) is 2.04. The number of rotatable bonds is 4. The second-order valence-electron chi connectivity index (χ2n) is 5.80. The number of hydrogen-bond acceptors (Lipinski definition) is 3. The van der Waals surface area contributed by atoms with E-state index >= 15 is 0 Å². The Morgan fingerprint density at radius 3 is 2.91 bits per heavy atom. The Hall–Kier alpha value is -2.49. The number of benzene rings is 2. The third-order valence-corrected chi connectivity index (χ3v) is 4.26. The van der Waals surface area contributed by atoms with Crippen LogP contribution in [0.15, 0.2) is 42.5 Å². The summed E-state index contributed by atoms with van der Waals surface area (Å²) in [7, 11) is 3.32. The van der Waals surface area contributed by atoms with Gasteiger partial charge in [-0.1, -0.05) is 24.3 Å². The number of methoxy groups -OCH3 is 1. The lowest BCUT2D eigenvalue weighted by atomic mass is 9.89. The first-order valence-electron chi connectivity index (χ1n) is 7.81. The highest BCUT2D eigenvalue weighted by molar-refractivity contribution is 5.95. The molecule has 0 aromatic heterocycles. The zero-order valence-corrected chi connectivity index (χ0v) is 13.5. The smallest absolute Gasteiger partial charge is 0.251 e. The van der Waals surface area contributed by atoms with Crippen molar-refractivity contribution in [3.63, 3.8) is 0 Å². The Bertz CT molecular complexity index is 712. The van der Waals surface area contributed by atoms with Crippen molar-refractivity contribution in [3.05, 3.63) is 59.2 Å². The van der Waals surface area contributed by atoms with Gasteiger partial charge in [0.2, 0.25) is 0 Å². The van der Waals surface area contributed by atoms with Crippen LogP contribution in [0.2, 0.25) is 0 Å². The van der Waals surface area contributed by atoms with Crippen molar-refractivity contribution in [1.82, 2.24) is 5.32 Å². The molecule has 1 N–H and O–H groups in total. The lowest BCUT2D eigenvalue weighted by Crippen LogP contribution is -2.25. The fourth-order valence-corrected chi connectivity index (χ4v) is 3.04. The largest absolute Gasteiger partial charge is 0.497 e. The highest BCUT2D eigenvalue weighted by atomic mass is 16.5. The highest BCUT2D eigenvalue weighted by Gasteiger charge is 2.22. The molecule has 1 atom stereocenters. The number of hydrogen-bond donors (Lipinski definition) is 1. The third kappa shape index (κ3) is 3.31. The van der Waals surface area contributed by atoms with Crippen molar-refractivity contribution >= 4 is 5.91 Å². The average molecular weight is 311 g/mol. The molecule has 0 radical (unpaired) electrons. The van der Waals surface area contributed by atoms with Crippen molar-refractivity contribution in [3.8, 4) is 11.5 Å². The summed E-state index contributed by atoms with van der Waals surface area (Å²) < 4.78 is 11.1. The van der Waals surface area contributed by atoms with Gasteiger partial charge in [0, 0.05) is 24.6 Å². The van der Waals surface area contributed by atoms with Gasteiger partial charge in [0.15, 0.2) is 0 Å². The minimum atomic E-state index is -0.0394. The van der Waals surface area contributed by atoms with E-state index in [4.69, 9.17) is 9.47 Å². The van der Waals surface area contributed by atoms with Crippen LogP contribution in [-0.4, -0.2) is 26.7 Å². The number of carbonyl (C=O) groups excluding carboxylic acids is 1. The van der Waals surface area contributed by atoms with E-state index in [9.17, 15) is 4.79 Å². The molecule has 0 aliphatic carbocycles. The lowest BCUT2D eigenvalue weighted by molar-refractivity contribution is 0.0961. The fraction of sp³-hybridized carbons (Fsp3) is 0.316. The molecule has 0 unspecified atom stereocenters. The molecule has 4 nitrogen and oxygen atoms in total. The normalized spacial score (nSPS) is 16.2. The van der Waals surface area contributed by atoms with Crippen LogP contribution < -0.4 is 14.8 Å². The van der Waals surface area contributed by atoms with Crippen LogP contribution in [0.25, 0.3) is 0 Å². The summed E-state index contributed by atoms with van der Waals surface area (Å²) in [5.41, 5.74) is 3.01. The van der Waals surface area contributed by atoms with Gasteiger partial charge in [-0.05, 0) is 36.1 Å². The molecule has 1 aliphatic rings.